The Balaban J connectivity index is 1.33. The molecular weight excluding hydrogens is 428 g/mol. The van der Waals surface area contributed by atoms with Crippen molar-refractivity contribution in [2.24, 2.45) is 0 Å². The number of fused-ring (bicyclic) bond motifs is 1. The van der Waals surface area contributed by atoms with Crippen LogP contribution in [0.15, 0.2) is 48.7 Å². The Hall–Kier alpha value is -3.13. The third-order valence-electron chi connectivity index (χ3n) is 5.71. The van der Waals surface area contributed by atoms with E-state index in [-0.39, 0.29) is 24.0 Å². The summed E-state index contributed by atoms with van der Waals surface area (Å²) in [6.45, 7) is 0.608. The first kappa shape index (κ1) is 23.0. The highest BCUT2D eigenvalue weighted by atomic mass is 19.3. The predicted octanol–water partition coefficient (Wildman–Crippen LogP) is 4.49. The molecule has 0 aliphatic heterocycles. The number of nitrogens with one attached hydrogen (secondary N) is 2. The molecule has 2 aromatic carbocycles. The first-order chi connectivity index (χ1) is 16.0. The van der Waals surface area contributed by atoms with Crippen molar-refractivity contribution in [3.05, 3.63) is 59.8 Å². The number of carbonyl (C=O) groups is 1. The highest BCUT2D eigenvalue weighted by Gasteiger charge is 2.30. The van der Waals surface area contributed by atoms with Crippen molar-refractivity contribution in [1.82, 2.24) is 15.2 Å². The summed E-state index contributed by atoms with van der Waals surface area (Å²) >= 11 is 0. The smallest absolute Gasteiger partial charge is 0.387 e. The van der Waals surface area contributed by atoms with Gasteiger partial charge in [0.15, 0.2) is 11.5 Å². The van der Waals surface area contributed by atoms with E-state index in [1.54, 1.807) is 19.1 Å². The molecule has 1 heterocycles. The minimum atomic E-state index is -2.91. The number of carbonyl (C=O) groups excluding carboxylic acids is 1. The fraction of sp³-hybridized carbons (Fsp3) is 0.400. The number of benzene rings is 2. The van der Waals surface area contributed by atoms with Crippen LogP contribution >= 0.6 is 0 Å². The topological polar surface area (TPSA) is 66.6 Å². The van der Waals surface area contributed by atoms with Crippen LogP contribution in [0.1, 0.15) is 30.9 Å². The summed E-state index contributed by atoms with van der Waals surface area (Å²) in [5.41, 5.74) is 3.16. The van der Waals surface area contributed by atoms with E-state index in [4.69, 9.17) is 4.74 Å². The zero-order chi connectivity index (χ0) is 23.2. The molecule has 1 aliphatic carbocycles. The molecule has 0 unspecified atom stereocenters. The Labute approximate surface area is 191 Å². The molecule has 1 aliphatic rings. The lowest BCUT2D eigenvalue weighted by atomic mass is 10.1. The molecule has 33 heavy (non-hydrogen) atoms. The van der Waals surface area contributed by atoms with Gasteiger partial charge in [0.05, 0.1) is 13.2 Å². The van der Waals surface area contributed by atoms with E-state index in [2.05, 4.69) is 26.0 Å². The Morgan fingerprint density at radius 2 is 2.03 bits per heavy atom. The second-order valence-electron chi connectivity index (χ2n) is 8.19. The highest BCUT2D eigenvalue weighted by molar-refractivity contribution is 5.83. The maximum Gasteiger partial charge on any atom is 0.387 e. The largest absolute Gasteiger partial charge is 0.490 e. The van der Waals surface area contributed by atoms with Crippen LogP contribution in [0, 0.1) is 0 Å². The number of aromatic amines is 1. The first-order valence-electron chi connectivity index (χ1n) is 11.3. The standard InChI is InChI=1S/C25H29F2N3O3/c1-2-32-23-13-17(7-10-22(23)33-25(26)27)15-30(19-8-9-19)16-24(31)28-12-11-18-14-29-21-6-4-3-5-20(18)21/h3-7,10,13-14,19,25,29H,2,8-9,11-12,15-16H2,1H3,(H,28,31). The molecule has 176 valence electrons. The number of amides is 1. The Bertz CT molecular complexity index is 1080. The molecule has 0 atom stereocenters. The van der Waals surface area contributed by atoms with Crippen molar-refractivity contribution in [3.8, 4) is 11.5 Å². The second-order valence-corrected chi connectivity index (χ2v) is 8.19. The van der Waals surface area contributed by atoms with Crippen LogP contribution in [0.2, 0.25) is 0 Å². The van der Waals surface area contributed by atoms with Crippen molar-refractivity contribution in [2.45, 2.75) is 45.4 Å². The zero-order valence-electron chi connectivity index (χ0n) is 18.7. The molecule has 1 amide bonds. The van der Waals surface area contributed by atoms with E-state index in [0.29, 0.717) is 25.7 Å². The zero-order valence-corrected chi connectivity index (χ0v) is 18.7. The number of hydrogen-bond donors (Lipinski definition) is 2. The number of nitrogens with zero attached hydrogens (tertiary/aromatic N) is 1. The monoisotopic (exact) mass is 457 g/mol. The number of hydrogen-bond acceptors (Lipinski definition) is 4. The van der Waals surface area contributed by atoms with E-state index < -0.39 is 6.61 Å². The molecule has 1 saturated carbocycles. The molecule has 6 nitrogen and oxygen atoms in total. The van der Waals surface area contributed by atoms with E-state index in [9.17, 15) is 13.6 Å². The normalized spacial score (nSPS) is 13.6. The van der Waals surface area contributed by atoms with Gasteiger partial charge in [-0.05, 0) is 55.5 Å². The van der Waals surface area contributed by atoms with Crippen LogP contribution < -0.4 is 14.8 Å². The van der Waals surface area contributed by atoms with Crippen LogP contribution in [0.25, 0.3) is 10.9 Å². The summed E-state index contributed by atoms with van der Waals surface area (Å²) in [5.74, 6) is 0.280. The van der Waals surface area contributed by atoms with Crippen LogP contribution in [0.5, 0.6) is 11.5 Å². The number of alkyl halides is 2. The first-order valence-corrected chi connectivity index (χ1v) is 11.3. The van der Waals surface area contributed by atoms with Gasteiger partial charge in [-0.3, -0.25) is 9.69 Å². The third-order valence-corrected chi connectivity index (χ3v) is 5.71. The molecule has 1 fully saturated rings. The van der Waals surface area contributed by atoms with Gasteiger partial charge in [0.25, 0.3) is 0 Å². The highest BCUT2D eigenvalue weighted by Crippen LogP contribution is 2.32. The third kappa shape index (κ3) is 6.22. The summed E-state index contributed by atoms with van der Waals surface area (Å²) in [7, 11) is 0. The van der Waals surface area contributed by atoms with Crippen LogP contribution in [0.3, 0.4) is 0 Å². The molecular formula is C25H29F2N3O3. The molecule has 0 bridgehead atoms. The number of ether oxygens (including phenoxy) is 2. The Kier molecular flexibility index (Phi) is 7.44. The molecule has 8 heteroatoms. The van der Waals surface area contributed by atoms with Crippen LogP contribution in [-0.4, -0.2) is 48.1 Å². The molecule has 4 rings (SSSR count). The maximum absolute atomic E-state index is 12.6. The van der Waals surface area contributed by atoms with Crippen LogP contribution in [0.4, 0.5) is 8.78 Å². The van der Waals surface area contributed by atoms with Crippen molar-refractivity contribution < 1.29 is 23.0 Å². The number of H-pyrrole nitrogens is 1. The summed E-state index contributed by atoms with van der Waals surface area (Å²) in [6, 6.07) is 13.4. The lowest BCUT2D eigenvalue weighted by Crippen LogP contribution is -2.38. The summed E-state index contributed by atoms with van der Waals surface area (Å²) in [4.78, 5) is 18.0. The molecule has 2 N–H and O–H groups in total. The predicted molar refractivity (Wildman–Crippen MR) is 123 cm³/mol. The van der Waals surface area contributed by atoms with Gasteiger partial charge in [0, 0.05) is 36.2 Å². The minimum absolute atomic E-state index is 0.0172. The maximum atomic E-state index is 12.6. The van der Waals surface area contributed by atoms with E-state index >= 15 is 0 Å². The lowest BCUT2D eigenvalue weighted by Gasteiger charge is -2.22. The molecule has 1 aromatic heterocycles. The number of aromatic nitrogens is 1. The van der Waals surface area contributed by atoms with Crippen molar-refractivity contribution >= 4 is 16.8 Å². The summed E-state index contributed by atoms with van der Waals surface area (Å²) < 4.78 is 35.3. The quantitative estimate of drug-likeness (QED) is 0.421. The Morgan fingerprint density at radius 1 is 1.21 bits per heavy atom. The molecule has 0 saturated heterocycles. The molecule has 0 radical (unpaired) electrons. The van der Waals surface area contributed by atoms with Gasteiger partial charge in [-0.2, -0.15) is 8.78 Å². The average Bonchev–Trinajstić information content (AvgIpc) is 3.56. The fourth-order valence-electron chi connectivity index (χ4n) is 4.02. The SMILES string of the molecule is CCOc1cc(CN(CC(=O)NCCc2c[nH]c3ccccc23)C2CC2)ccc1OC(F)F. The van der Waals surface area contributed by atoms with Gasteiger partial charge in [0.2, 0.25) is 5.91 Å². The van der Waals surface area contributed by atoms with Crippen molar-refractivity contribution in [2.75, 3.05) is 19.7 Å². The average molecular weight is 458 g/mol. The second kappa shape index (κ2) is 10.7. The number of para-hydroxylation sites is 1. The molecule has 0 spiro atoms. The summed E-state index contributed by atoms with van der Waals surface area (Å²) in [5, 5.41) is 4.20. The summed E-state index contributed by atoms with van der Waals surface area (Å²) in [6.07, 6.45) is 4.84. The van der Waals surface area contributed by atoms with E-state index in [1.165, 1.54) is 17.0 Å². The van der Waals surface area contributed by atoms with Gasteiger partial charge in [-0.1, -0.05) is 24.3 Å². The van der Waals surface area contributed by atoms with Gasteiger partial charge < -0.3 is 19.8 Å². The number of rotatable bonds is 12. The van der Waals surface area contributed by atoms with Crippen molar-refractivity contribution in [3.63, 3.8) is 0 Å². The van der Waals surface area contributed by atoms with Crippen LogP contribution in [-0.2, 0) is 17.8 Å². The minimum Gasteiger partial charge on any atom is -0.490 e. The Morgan fingerprint density at radius 3 is 2.79 bits per heavy atom. The van der Waals surface area contributed by atoms with E-state index in [0.717, 1.165) is 30.3 Å². The number of halogens is 2. The molecule has 3 aromatic rings. The van der Waals surface area contributed by atoms with Gasteiger partial charge >= 0.3 is 6.61 Å². The lowest BCUT2D eigenvalue weighted by molar-refractivity contribution is -0.122. The fourth-order valence-corrected chi connectivity index (χ4v) is 4.02. The van der Waals surface area contributed by atoms with Gasteiger partial charge in [0.1, 0.15) is 0 Å². The van der Waals surface area contributed by atoms with Crippen molar-refractivity contribution in [1.29, 1.82) is 0 Å². The van der Waals surface area contributed by atoms with Gasteiger partial charge in [-0.25, -0.2) is 0 Å². The van der Waals surface area contributed by atoms with E-state index in [1.807, 2.05) is 24.4 Å². The van der Waals surface area contributed by atoms with Gasteiger partial charge in [-0.15, -0.1) is 0 Å².